The van der Waals surface area contributed by atoms with Crippen molar-refractivity contribution in [2.24, 2.45) is 5.92 Å². The summed E-state index contributed by atoms with van der Waals surface area (Å²) in [4.78, 5) is 12.4. The summed E-state index contributed by atoms with van der Waals surface area (Å²) in [7, 11) is 0. The largest absolute Gasteiger partial charge is 0.291 e. The Hall–Kier alpha value is -1.70. The van der Waals surface area contributed by atoms with Gasteiger partial charge in [0.1, 0.15) is 0 Å². The molecule has 1 aliphatic heterocycles. The lowest BCUT2D eigenvalue weighted by Crippen LogP contribution is -2.52. The van der Waals surface area contributed by atoms with E-state index in [9.17, 15) is 4.79 Å². The third kappa shape index (κ3) is 4.16. The summed E-state index contributed by atoms with van der Waals surface area (Å²) in [5.41, 5.74) is 6.82. The molecule has 104 valence electrons. The van der Waals surface area contributed by atoms with Crippen molar-refractivity contribution in [3.8, 4) is 12.3 Å². The van der Waals surface area contributed by atoms with Crippen LogP contribution in [0.3, 0.4) is 0 Å². The molecule has 1 aliphatic rings. The maximum absolute atomic E-state index is 11.2. The van der Waals surface area contributed by atoms with Crippen molar-refractivity contribution in [3.63, 3.8) is 0 Å². The van der Waals surface area contributed by atoms with Gasteiger partial charge in [0.15, 0.2) is 0 Å². The van der Waals surface area contributed by atoms with Gasteiger partial charge in [0.05, 0.1) is 5.75 Å². The van der Waals surface area contributed by atoms with Gasteiger partial charge in [0.25, 0.3) is 0 Å². The van der Waals surface area contributed by atoms with Crippen LogP contribution in [0.25, 0.3) is 6.08 Å². The van der Waals surface area contributed by atoms with Crippen LogP contribution in [0.1, 0.15) is 18.9 Å². The molecule has 1 saturated heterocycles. The van der Waals surface area contributed by atoms with E-state index in [1.165, 1.54) is 4.90 Å². The molecule has 20 heavy (non-hydrogen) atoms. The van der Waals surface area contributed by atoms with Crippen LogP contribution in [-0.4, -0.2) is 17.7 Å². The first-order valence-corrected chi connectivity index (χ1v) is 7.56. The average molecular weight is 286 g/mol. The maximum Gasteiger partial charge on any atom is 0.234 e. The van der Waals surface area contributed by atoms with E-state index in [-0.39, 0.29) is 11.9 Å². The average Bonchev–Trinajstić information content (AvgIpc) is 2.45. The molecule has 1 aromatic carbocycles. The fourth-order valence-corrected chi connectivity index (χ4v) is 2.61. The molecule has 1 heterocycles. The van der Waals surface area contributed by atoms with Crippen molar-refractivity contribution in [1.29, 1.82) is 0 Å². The van der Waals surface area contributed by atoms with E-state index in [4.69, 9.17) is 6.42 Å². The molecule has 1 fully saturated rings. The molecule has 0 bridgehead atoms. The van der Waals surface area contributed by atoms with Crippen LogP contribution in [0.15, 0.2) is 35.2 Å². The number of terminal acetylenes is 1. The van der Waals surface area contributed by atoms with Crippen molar-refractivity contribution >= 4 is 23.7 Å². The Kier molecular flexibility index (Phi) is 5.28. The number of nitrogens with one attached hydrogen (secondary N) is 2. The number of amides is 1. The summed E-state index contributed by atoms with van der Waals surface area (Å²) in [6, 6.07) is 8.45. The molecule has 1 amide bonds. The smallest absolute Gasteiger partial charge is 0.234 e. The normalized spacial score (nSPS) is 22.5. The highest BCUT2D eigenvalue weighted by Gasteiger charge is 2.22. The lowest BCUT2D eigenvalue weighted by molar-refractivity contribution is -0.125. The van der Waals surface area contributed by atoms with E-state index < -0.39 is 0 Å². The highest BCUT2D eigenvalue weighted by molar-refractivity contribution is 7.99. The topological polar surface area (TPSA) is 41.1 Å². The van der Waals surface area contributed by atoms with Gasteiger partial charge in [-0.25, -0.2) is 5.43 Å². The summed E-state index contributed by atoms with van der Waals surface area (Å²) in [6.07, 6.45) is 9.96. The van der Waals surface area contributed by atoms with E-state index in [0.717, 1.165) is 5.56 Å². The van der Waals surface area contributed by atoms with Crippen molar-refractivity contribution in [2.45, 2.75) is 24.3 Å². The first-order chi connectivity index (χ1) is 9.69. The van der Waals surface area contributed by atoms with Crippen LogP contribution in [-0.2, 0) is 4.79 Å². The van der Waals surface area contributed by atoms with E-state index in [2.05, 4.69) is 60.1 Å². The molecule has 0 aromatic heterocycles. The maximum atomic E-state index is 11.2. The third-order valence-electron chi connectivity index (χ3n) is 3.20. The lowest BCUT2D eigenvalue weighted by Gasteiger charge is -2.27. The zero-order chi connectivity index (χ0) is 14.4. The molecule has 0 radical (unpaired) electrons. The van der Waals surface area contributed by atoms with Gasteiger partial charge in [0.2, 0.25) is 5.91 Å². The second-order valence-corrected chi connectivity index (χ2v) is 5.87. The first-order valence-electron chi connectivity index (χ1n) is 6.58. The van der Waals surface area contributed by atoms with E-state index >= 15 is 0 Å². The Labute approximate surface area is 124 Å². The molecule has 2 atom stereocenters. The van der Waals surface area contributed by atoms with E-state index in [1.54, 1.807) is 11.8 Å². The summed E-state index contributed by atoms with van der Waals surface area (Å²) >= 11 is 1.66. The Morgan fingerprint density at radius 2 is 2.20 bits per heavy atom. The number of rotatable bonds is 4. The van der Waals surface area contributed by atoms with Crippen molar-refractivity contribution in [3.05, 3.63) is 35.9 Å². The number of hydrazine groups is 1. The predicted octanol–water partition coefficient (Wildman–Crippen LogP) is 2.45. The fourth-order valence-electron chi connectivity index (χ4n) is 2.03. The minimum atomic E-state index is 0.0528. The zero-order valence-electron chi connectivity index (χ0n) is 11.4. The number of carbonyl (C=O) groups is 1. The molecule has 0 aliphatic carbocycles. The van der Waals surface area contributed by atoms with Crippen LogP contribution in [0.5, 0.6) is 0 Å². The Morgan fingerprint density at radius 3 is 2.85 bits per heavy atom. The molecular formula is C16H18N2OS. The first kappa shape index (κ1) is 14.7. The number of benzene rings is 1. The number of thioether (sulfide) groups is 1. The van der Waals surface area contributed by atoms with Crippen LogP contribution in [0, 0.1) is 18.3 Å². The summed E-state index contributed by atoms with van der Waals surface area (Å²) in [5, 5.41) is 0. The number of carbonyl (C=O) groups excluding carboxylic acids is 1. The Balaban J connectivity index is 1.94. The second-order valence-electron chi connectivity index (χ2n) is 4.82. The fraction of sp³-hybridized carbons (Fsp3) is 0.312. The molecule has 2 unspecified atom stereocenters. The van der Waals surface area contributed by atoms with Gasteiger partial charge < -0.3 is 0 Å². The Bertz CT molecular complexity index is 530. The number of hydrogen-bond acceptors (Lipinski definition) is 3. The van der Waals surface area contributed by atoms with Crippen LogP contribution < -0.4 is 10.9 Å². The summed E-state index contributed by atoms with van der Waals surface area (Å²) < 4.78 is 0. The van der Waals surface area contributed by atoms with Gasteiger partial charge >= 0.3 is 0 Å². The molecular weight excluding hydrogens is 268 g/mol. The van der Waals surface area contributed by atoms with Crippen molar-refractivity contribution in [2.75, 3.05) is 5.75 Å². The quantitative estimate of drug-likeness (QED) is 0.660. The van der Waals surface area contributed by atoms with Gasteiger partial charge in [-0.3, -0.25) is 10.2 Å². The van der Waals surface area contributed by atoms with Gasteiger partial charge in [-0.1, -0.05) is 37.1 Å². The van der Waals surface area contributed by atoms with Gasteiger partial charge in [-0.2, -0.15) is 0 Å². The molecule has 0 saturated carbocycles. The standard InChI is InChI=1S/C16H18N2OS/c1-3-10-20-14-7-4-13(5-8-14)6-9-15-12(2)11-16(19)18-17-15/h1,4-9,12,15,17H,10-11H2,2H3,(H,18,19)/b9-6+. The lowest BCUT2D eigenvalue weighted by atomic mass is 9.96. The summed E-state index contributed by atoms with van der Waals surface area (Å²) in [6.45, 7) is 2.07. The van der Waals surface area contributed by atoms with E-state index in [0.29, 0.717) is 18.1 Å². The molecule has 1 aromatic rings. The number of hydrogen-bond donors (Lipinski definition) is 2. The predicted molar refractivity (Wildman–Crippen MR) is 83.9 cm³/mol. The van der Waals surface area contributed by atoms with Gasteiger partial charge in [-0.05, 0) is 23.6 Å². The minimum Gasteiger partial charge on any atom is -0.291 e. The van der Waals surface area contributed by atoms with Gasteiger partial charge in [-0.15, -0.1) is 18.2 Å². The SMILES string of the molecule is C#CCSc1ccc(/C=C/C2NNC(=O)CC2C)cc1. The van der Waals surface area contributed by atoms with Crippen molar-refractivity contribution < 1.29 is 4.79 Å². The summed E-state index contributed by atoms with van der Waals surface area (Å²) in [5.74, 6) is 3.66. The van der Waals surface area contributed by atoms with Crippen LogP contribution in [0.2, 0.25) is 0 Å². The Morgan fingerprint density at radius 1 is 1.45 bits per heavy atom. The highest BCUT2D eigenvalue weighted by atomic mass is 32.2. The highest BCUT2D eigenvalue weighted by Crippen LogP contribution is 2.19. The molecule has 4 heteroatoms. The zero-order valence-corrected chi connectivity index (χ0v) is 12.2. The second kappa shape index (κ2) is 7.18. The van der Waals surface area contributed by atoms with Gasteiger partial charge in [0, 0.05) is 17.4 Å². The third-order valence-corrected chi connectivity index (χ3v) is 4.11. The molecule has 3 nitrogen and oxygen atoms in total. The van der Waals surface area contributed by atoms with Crippen molar-refractivity contribution in [1.82, 2.24) is 10.9 Å². The molecule has 2 N–H and O–H groups in total. The molecule has 2 rings (SSSR count). The van der Waals surface area contributed by atoms with Crippen LogP contribution in [0.4, 0.5) is 0 Å². The monoisotopic (exact) mass is 286 g/mol. The molecule has 0 spiro atoms. The van der Waals surface area contributed by atoms with E-state index in [1.807, 2.05) is 0 Å². The minimum absolute atomic E-state index is 0.0528. The van der Waals surface area contributed by atoms with Crippen LogP contribution >= 0.6 is 11.8 Å².